The van der Waals surface area contributed by atoms with Crippen molar-refractivity contribution in [3.63, 3.8) is 0 Å². The van der Waals surface area contributed by atoms with Gasteiger partial charge in [0.25, 0.3) is 0 Å². The van der Waals surface area contributed by atoms with Gasteiger partial charge in [-0.15, -0.1) is 0 Å². The predicted molar refractivity (Wildman–Crippen MR) is 124 cm³/mol. The van der Waals surface area contributed by atoms with E-state index < -0.39 is 10.0 Å². The molecule has 2 atom stereocenters. The van der Waals surface area contributed by atoms with Gasteiger partial charge >= 0.3 is 0 Å². The maximum atomic E-state index is 13.4. The predicted octanol–water partition coefficient (Wildman–Crippen LogP) is 4.61. The maximum Gasteiger partial charge on any atom is 0.243 e. The van der Waals surface area contributed by atoms with Crippen LogP contribution in [-0.4, -0.2) is 38.2 Å². The summed E-state index contributed by atoms with van der Waals surface area (Å²) in [5.41, 5.74) is 1.12. The third-order valence-electron chi connectivity index (χ3n) is 5.67. The Balaban J connectivity index is 1.48. The first kappa shape index (κ1) is 21.4. The van der Waals surface area contributed by atoms with Crippen LogP contribution in [-0.2, 0) is 21.4 Å². The zero-order valence-electron chi connectivity index (χ0n) is 16.9. The minimum absolute atomic E-state index is 0.162. The van der Waals surface area contributed by atoms with Crippen molar-refractivity contribution in [3.8, 4) is 0 Å². The van der Waals surface area contributed by atoms with Crippen molar-refractivity contribution < 1.29 is 13.2 Å². The zero-order chi connectivity index (χ0) is 21.0. The quantitative estimate of drug-likeness (QED) is 0.545. The number of nitrogens with zero attached hydrogens (tertiary/aromatic N) is 1. The summed E-state index contributed by atoms with van der Waals surface area (Å²) in [5.74, 6) is 1.05. The van der Waals surface area contributed by atoms with Crippen LogP contribution < -0.4 is 0 Å². The van der Waals surface area contributed by atoms with Gasteiger partial charge in [0.2, 0.25) is 10.0 Å². The van der Waals surface area contributed by atoms with Gasteiger partial charge in [0, 0.05) is 13.1 Å². The molecule has 0 spiro atoms. The second-order valence-corrected chi connectivity index (χ2v) is 10.3. The minimum atomic E-state index is -3.56. The standard InChI is InChI=1S/C24H27NO3S2/c26-30(27,24-11-10-22-8-4-5-9-23(22)13-24)25-14-20(12-21(15-25)18-29)17-28-16-19-6-2-1-3-7-19/h1-11,13,20-21,29H,12,14-18H2/t20-,21-/m0/s1. The van der Waals surface area contributed by atoms with Crippen molar-refractivity contribution in [1.29, 1.82) is 0 Å². The van der Waals surface area contributed by atoms with Crippen LogP contribution in [0.4, 0.5) is 0 Å². The Morgan fingerprint density at radius 3 is 2.37 bits per heavy atom. The molecule has 3 aromatic carbocycles. The molecule has 0 saturated carbocycles. The molecule has 1 fully saturated rings. The molecule has 158 valence electrons. The number of hydrogen-bond donors (Lipinski definition) is 1. The van der Waals surface area contributed by atoms with E-state index in [-0.39, 0.29) is 11.8 Å². The van der Waals surface area contributed by atoms with Gasteiger partial charge in [-0.25, -0.2) is 8.42 Å². The second kappa shape index (κ2) is 9.52. The van der Waals surface area contributed by atoms with E-state index in [1.54, 1.807) is 16.4 Å². The van der Waals surface area contributed by atoms with Gasteiger partial charge in [0.05, 0.1) is 18.1 Å². The average molecular weight is 442 g/mol. The van der Waals surface area contributed by atoms with Crippen LogP contribution in [0.1, 0.15) is 12.0 Å². The van der Waals surface area contributed by atoms with Crippen LogP contribution in [0, 0.1) is 11.8 Å². The maximum absolute atomic E-state index is 13.4. The van der Waals surface area contributed by atoms with Crippen molar-refractivity contribution in [2.75, 3.05) is 25.4 Å². The molecule has 30 heavy (non-hydrogen) atoms. The van der Waals surface area contributed by atoms with E-state index in [1.165, 1.54) is 0 Å². The largest absolute Gasteiger partial charge is 0.376 e. The Labute approximate surface area is 184 Å². The number of thiol groups is 1. The van der Waals surface area contributed by atoms with Crippen molar-refractivity contribution in [2.24, 2.45) is 11.8 Å². The van der Waals surface area contributed by atoms with E-state index in [9.17, 15) is 8.42 Å². The molecule has 0 bridgehead atoms. The van der Waals surface area contributed by atoms with Crippen molar-refractivity contribution in [1.82, 2.24) is 4.31 Å². The van der Waals surface area contributed by atoms with E-state index in [0.717, 1.165) is 22.8 Å². The highest BCUT2D eigenvalue weighted by Crippen LogP contribution is 2.29. The highest BCUT2D eigenvalue weighted by Gasteiger charge is 2.34. The number of fused-ring (bicyclic) bond motifs is 1. The first-order valence-corrected chi connectivity index (χ1v) is 12.3. The van der Waals surface area contributed by atoms with Crippen LogP contribution in [0.25, 0.3) is 10.8 Å². The Morgan fingerprint density at radius 2 is 1.60 bits per heavy atom. The summed E-state index contributed by atoms with van der Waals surface area (Å²) >= 11 is 4.46. The van der Waals surface area contributed by atoms with E-state index in [0.29, 0.717) is 37.0 Å². The minimum Gasteiger partial charge on any atom is -0.376 e. The van der Waals surface area contributed by atoms with Crippen LogP contribution in [0.2, 0.25) is 0 Å². The van der Waals surface area contributed by atoms with Crippen molar-refractivity contribution in [2.45, 2.75) is 17.9 Å². The lowest BCUT2D eigenvalue weighted by molar-refractivity contribution is 0.0572. The molecule has 0 unspecified atom stereocenters. The number of rotatable bonds is 7. The Hall–Kier alpha value is -1.86. The smallest absolute Gasteiger partial charge is 0.243 e. The molecular weight excluding hydrogens is 414 g/mol. The van der Waals surface area contributed by atoms with E-state index >= 15 is 0 Å². The van der Waals surface area contributed by atoms with Gasteiger partial charge in [-0.1, -0.05) is 60.7 Å². The Bertz CT molecular complexity index is 1090. The summed E-state index contributed by atoms with van der Waals surface area (Å²) in [6, 6.07) is 23.2. The number of hydrogen-bond acceptors (Lipinski definition) is 4. The van der Waals surface area contributed by atoms with Crippen LogP contribution >= 0.6 is 12.6 Å². The summed E-state index contributed by atoms with van der Waals surface area (Å²) in [6.45, 7) is 2.07. The molecule has 0 amide bonds. The third kappa shape index (κ3) is 4.89. The Morgan fingerprint density at radius 1 is 0.900 bits per heavy atom. The van der Waals surface area contributed by atoms with Gasteiger partial charge in [0.15, 0.2) is 0 Å². The Kier molecular flexibility index (Phi) is 6.78. The highest BCUT2D eigenvalue weighted by molar-refractivity contribution is 7.89. The lowest BCUT2D eigenvalue weighted by Crippen LogP contribution is -2.45. The summed E-state index contributed by atoms with van der Waals surface area (Å²) < 4.78 is 34.3. The fraction of sp³-hybridized carbons (Fsp3) is 0.333. The molecule has 0 aromatic heterocycles. The fourth-order valence-corrected chi connectivity index (χ4v) is 6.01. The van der Waals surface area contributed by atoms with Crippen LogP contribution in [0.5, 0.6) is 0 Å². The molecule has 4 rings (SSSR count). The number of piperidine rings is 1. The monoisotopic (exact) mass is 441 g/mol. The molecule has 3 aromatic rings. The van der Waals surface area contributed by atoms with E-state index in [4.69, 9.17) is 4.74 Å². The molecule has 0 radical (unpaired) electrons. The SMILES string of the molecule is O=S(=O)(c1ccc2ccccc2c1)N1C[C@@H](CS)C[C@H](COCc2ccccc2)C1. The summed E-state index contributed by atoms with van der Waals surface area (Å²) in [5, 5.41) is 1.97. The van der Waals surface area contributed by atoms with Gasteiger partial charge < -0.3 is 4.74 Å². The molecule has 1 aliphatic heterocycles. The van der Waals surface area contributed by atoms with Crippen LogP contribution in [0.3, 0.4) is 0 Å². The molecule has 0 aliphatic carbocycles. The van der Waals surface area contributed by atoms with Gasteiger partial charge in [-0.05, 0) is 52.5 Å². The topological polar surface area (TPSA) is 46.6 Å². The first-order valence-electron chi connectivity index (χ1n) is 10.3. The lowest BCUT2D eigenvalue weighted by atomic mass is 9.92. The molecule has 6 heteroatoms. The lowest BCUT2D eigenvalue weighted by Gasteiger charge is -2.36. The number of sulfonamides is 1. The normalized spacial score (nSPS) is 20.4. The first-order chi connectivity index (χ1) is 14.6. The van der Waals surface area contributed by atoms with E-state index in [2.05, 4.69) is 12.6 Å². The molecule has 1 saturated heterocycles. The molecular formula is C24H27NO3S2. The summed E-state index contributed by atoms with van der Waals surface area (Å²) in [4.78, 5) is 0.352. The molecule has 4 nitrogen and oxygen atoms in total. The van der Waals surface area contributed by atoms with Gasteiger partial charge in [-0.3, -0.25) is 0 Å². The number of benzene rings is 3. The second-order valence-electron chi connectivity index (χ2n) is 7.98. The van der Waals surface area contributed by atoms with E-state index in [1.807, 2.05) is 60.7 Å². The molecule has 1 heterocycles. The van der Waals surface area contributed by atoms with Crippen LogP contribution in [0.15, 0.2) is 77.7 Å². The average Bonchev–Trinajstić information content (AvgIpc) is 2.79. The number of ether oxygens (including phenoxy) is 1. The fourth-order valence-electron chi connectivity index (χ4n) is 4.11. The van der Waals surface area contributed by atoms with Gasteiger partial charge in [0.1, 0.15) is 0 Å². The summed E-state index contributed by atoms with van der Waals surface area (Å²) in [7, 11) is -3.56. The summed E-state index contributed by atoms with van der Waals surface area (Å²) in [6.07, 6.45) is 0.933. The highest BCUT2D eigenvalue weighted by atomic mass is 32.2. The third-order valence-corrected chi connectivity index (χ3v) is 8.02. The van der Waals surface area contributed by atoms with Crippen molar-refractivity contribution in [3.05, 3.63) is 78.4 Å². The van der Waals surface area contributed by atoms with Gasteiger partial charge in [-0.2, -0.15) is 16.9 Å². The molecule has 0 N–H and O–H groups in total. The van der Waals surface area contributed by atoms with Crippen molar-refractivity contribution >= 4 is 33.4 Å². The zero-order valence-corrected chi connectivity index (χ0v) is 18.6. The molecule has 1 aliphatic rings.